The normalized spacial score (nSPS) is 19.1. The van der Waals surface area contributed by atoms with Crippen molar-refractivity contribution in [2.24, 2.45) is 7.05 Å². The molecule has 2 aromatic heterocycles. The molecule has 4 heterocycles. The molecule has 1 amide bonds. The molecule has 0 spiro atoms. The SMILES string of the molecule is Cc1nn(C)c(C)c1C(=O)N1CCC(c2n[nH]c3c2CN(Cc2ccccc2)CC3)C1. The summed E-state index contributed by atoms with van der Waals surface area (Å²) in [6, 6.07) is 10.6. The van der Waals surface area contributed by atoms with E-state index in [0.717, 1.165) is 68.2 Å². The largest absolute Gasteiger partial charge is 0.338 e. The van der Waals surface area contributed by atoms with Crippen LogP contribution in [0.2, 0.25) is 0 Å². The molecule has 7 nitrogen and oxygen atoms in total. The summed E-state index contributed by atoms with van der Waals surface area (Å²) in [5, 5.41) is 12.4. The van der Waals surface area contributed by atoms with Gasteiger partial charge in [-0.05, 0) is 25.8 Å². The average molecular weight is 419 g/mol. The topological polar surface area (TPSA) is 70.0 Å². The summed E-state index contributed by atoms with van der Waals surface area (Å²) in [4.78, 5) is 17.7. The predicted molar refractivity (Wildman–Crippen MR) is 119 cm³/mol. The van der Waals surface area contributed by atoms with Crippen LogP contribution in [0.5, 0.6) is 0 Å². The van der Waals surface area contributed by atoms with Crippen molar-refractivity contribution >= 4 is 5.91 Å². The smallest absolute Gasteiger partial charge is 0.257 e. The predicted octanol–water partition coefficient (Wildman–Crippen LogP) is 2.95. The number of nitrogens with one attached hydrogen (secondary N) is 1. The number of hydrogen-bond acceptors (Lipinski definition) is 4. The molecule has 7 heteroatoms. The molecule has 3 aromatic rings. The Balaban J connectivity index is 1.30. The highest BCUT2D eigenvalue weighted by Crippen LogP contribution is 2.33. The van der Waals surface area contributed by atoms with Crippen LogP contribution in [0.3, 0.4) is 0 Å². The molecule has 0 saturated carbocycles. The molecule has 1 aromatic carbocycles. The number of amides is 1. The third-order valence-corrected chi connectivity index (χ3v) is 6.88. The van der Waals surface area contributed by atoms with Gasteiger partial charge in [0, 0.05) is 69.1 Å². The number of fused-ring (bicyclic) bond motifs is 1. The lowest BCUT2D eigenvalue weighted by Gasteiger charge is -2.27. The lowest BCUT2D eigenvalue weighted by Crippen LogP contribution is -2.31. The van der Waals surface area contributed by atoms with E-state index >= 15 is 0 Å². The highest BCUT2D eigenvalue weighted by molar-refractivity contribution is 5.96. The first kappa shape index (κ1) is 20.0. The van der Waals surface area contributed by atoms with Gasteiger partial charge in [0.1, 0.15) is 0 Å². The monoisotopic (exact) mass is 418 g/mol. The van der Waals surface area contributed by atoms with E-state index in [0.29, 0.717) is 0 Å². The molecule has 1 fully saturated rings. The first-order valence-electron chi connectivity index (χ1n) is 11.1. The Bertz CT molecular complexity index is 1100. The molecule has 0 radical (unpaired) electrons. The van der Waals surface area contributed by atoms with Gasteiger partial charge >= 0.3 is 0 Å². The van der Waals surface area contributed by atoms with Crippen LogP contribution in [0.4, 0.5) is 0 Å². The van der Waals surface area contributed by atoms with Gasteiger partial charge < -0.3 is 4.90 Å². The zero-order valence-corrected chi connectivity index (χ0v) is 18.6. The van der Waals surface area contributed by atoms with Crippen LogP contribution in [0, 0.1) is 13.8 Å². The molecule has 31 heavy (non-hydrogen) atoms. The Kier molecular flexibility index (Phi) is 5.14. The summed E-state index contributed by atoms with van der Waals surface area (Å²) < 4.78 is 1.79. The molecular formula is C24H30N6O. The van der Waals surface area contributed by atoms with Crippen molar-refractivity contribution < 1.29 is 4.79 Å². The van der Waals surface area contributed by atoms with Crippen LogP contribution in [0.25, 0.3) is 0 Å². The lowest BCUT2D eigenvalue weighted by molar-refractivity contribution is 0.0789. The molecule has 0 bridgehead atoms. The number of benzene rings is 1. The van der Waals surface area contributed by atoms with Crippen LogP contribution >= 0.6 is 0 Å². The first-order chi connectivity index (χ1) is 15.0. The van der Waals surface area contributed by atoms with Gasteiger partial charge in [0.15, 0.2) is 0 Å². The van der Waals surface area contributed by atoms with Crippen molar-refractivity contribution in [1.82, 2.24) is 29.8 Å². The molecule has 2 aliphatic heterocycles. The fourth-order valence-electron chi connectivity index (χ4n) is 5.10. The zero-order chi connectivity index (χ0) is 21.5. The maximum absolute atomic E-state index is 13.2. The minimum atomic E-state index is 0.0979. The number of likely N-dealkylation sites (tertiary alicyclic amines) is 1. The summed E-state index contributed by atoms with van der Waals surface area (Å²) in [6.07, 6.45) is 1.96. The Morgan fingerprint density at radius 2 is 2.00 bits per heavy atom. The van der Waals surface area contributed by atoms with Crippen molar-refractivity contribution in [3.63, 3.8) is 0 Å². The van der Waals surface area contributed by atoms with Gasteiger partial charge in [0.05, 0.1) is 17.0 Å². The maximum atomic E-state index is 13.2. The summed E-state index contributed by atoms with van der Waals surface area (Å²) in [6.45, 7) is 8.29. The highest BCUT2D eigenvalue weighted by atomic mass is 16.2. The van der Waals surface area contributed by atoms with Gasteiger partial charge in [-0.1, -0.05) is 30.3 Å². The number of carbonyl (C=O) groups excluding carboxylic acids is 1. The van der Waals surface area contributed by atoms with E-state index < -0.39 is 0 Å². The van der Waals surface area contributed by atoms with Gasteiger partial charge in [-0.25, -0.2) is 0 Å². The van der Waals surface area contributed by atoms with E-state index in [-0.39, 0.29) is 11.8 Å². The Hall–Kier alpha value is -2.93. The molecule has 0 aliphatic carbocycles. The Morgan fingerprint density at radius 3 is 2.74 bits per heavy atom. The maximum Gasteiger partial charge on any atom is 0.257 e. The summed E-state index contributed by atoms with van der Waals surface area (Å²) in [5.74, 6) is 0.388. The second kappa shape index (κ2) is 7.96. The standard InChI is InChI=1S/C24H30N6O/c1-16-22(17(2)28(3)27-16)24(31)30-12-9-19(14-30)23-20-15-29(11-10-21(20)25-26-23)13-18-7-5-4-6-8-18/h4-8,19H,9-15H2,1-3H3,(H,25,26). The van der Waals surface area contributed by atoms with E-state index in [1.54, 1.807) is 4.68 Å². The van der Waals surface area contributed by atoms with Gasteiger partial charge in [-0.15, -0.1) is 0 Å². The minimum absolute atomic E-state index is 0.0979. The van der Waals surface area contributed by atoms with Crippen LogP contribution in [0.15, 0.2) is 30.3 Å². The molecule has 1 atom stereocenters. The van der Waals surface area contributed by atoms with E-state index in [9.17, 15) is 4.79 Å². The fourth-order valence-corrected chi connectivity index (χ4v) is 5.10. The highest BCUT2D eigenvalue weighted by Gasteiger charge is 2.34. The second-order valence-electron chi connectivity index (χ2n) is 8.92. The van der Waals surface area contributed by atoms with Crippen molar-refractivity contribution in [1.29, 1.82) is 0 Å². The molecular weight excluding hydrogens is 388 g/mol. The molecule has 1 N–H and O–H groups in total. The Labute approximate surface area is 183 Å². The van der Waals surface area contributed by atoms with Crippen LogP contribution < -0.4 is 0 Å². The summed E-state index contributed by atoms with van der Waals surface area (Å²) in [5.41, 5.74) is 7.60. The van der Waals surface area contributed by atoms with E-state index in [1.165, 1.54) is 16.8 Å². The third kappa shape index (κ3) is 3.67. The molecule has 162 valence electrons. The number of aryl methyl sites for hydroxylation is 2. The number of aromatic nitrogens is 4. The molecule has 1 unspecified atom stereocenters. The van der Waals surface area contributed by atoms with E-state index in [2.05, 4.69) is 45.4 Å². The third-order valence-electron chi connectivity index (χ3n) is 6.88. The van der Waals surface area contributed by atoms with Gasteiger partial charge in [0.2, 0.25) is 0 Å². The molecule has 5 rings (SSSR count). The zero-order valence-electron chi connectivity index (χ0n) is 18.6. The lowest BCUT2D eigenvalue weighted by atomic mass is 9.96. The number of H-pyrrole nitrogens is 1. The van der Waals surface area contributed by atoms with E-state index in [1.807, 2.05) is 25.8 Å². The van der Waals surface area contributed by atoms with Gasteiger partial charge in [-0.2, -0.15) is 10.2 Å². The fraction of sp³-hybridized carbons (Fsp3) is 0.458. The number of hydrogen-bond donors (Lipinski definition) is 1. The van der Waals surface area contributed by atoms with Crippen molar-refractivity contribution in [2.45, 2.75) is 45.7 Å². The summed E-state index contributed by atoms with van der Waals surface area (Å²) >= 11 is 0. The first-order valence-corrected chi connectivity index (χ1v) is 11.1. The summed E-state index contributed by atoms with van der Waals surface area (Å²) in [7, 11) is 1.89. The number of carbonyl (C=O) groups is 1. The van der Waals surface area contributed by atoms with Crippen molar-refractivity contribution in [3.05, 3.63) is 69.8 Å². The van der Waals surface area contributed by atoms with E-state index in [4.69, 9.17) is 5.10 Å². The van der Waals surface area contributed by atoms with Crippen LogP contribution in [0.1, 0.15) is 56.6 Å². The number of rotatable bonds is 4. The number of nitrogens with zero attached hydrogens (tertiary/aromatic N) is 5. The Morgan fingerprint density at radius 1 is 1.19 bits per heavy atom. The second-order valence-corrected chi connectivity index (χ2v) is 8.92. The average Bonchev–Trinajstić information content (AvgIpc) is 3.46. The van der Waals surface area contributed by atoms with Crippen molar-refractivity contribution in [2.75, 3.05) is 19.6 Å². The van der Waals surface area contributed by atoms with Gasteiger partial charge in [-0.3, -0.25) is 19.5 Å². The van der Waals surface area contributed by atoms with Crippen LogP contribution in [-0.4, -0.2) is 55.3 Å². The number of aromatic amines is 1. The van der Waals surface area contributed by atoms with Crippen molar-refractivity contribution in [3.8, 4) is 0 Å². The minimum Gasteiger partial charge on any atom is -0.338 e. The molecule has 1 saturated heterocycles. The van der Waals surface area contributed by atoms with Crippen LogP contribution in [-0.2, 0) is 26.6 Å². The van der Waals surface area contributed by atoms with Gasteiger partial charge in [0.25, 0.3) is 5.91 Å². The molecule has 2 aliphatic rings. The quantitative estimate of drug-likeness (QED) is 0.707.